The molecule has 1 unspecified atom stereocenters. The molecule has 0 heterocycles. The van der Waals surface area contributed by atoms with Crippen LogP contribution < -0.4 is 5.73 Å². The normalized spacial score (nSPS) is 62.4. The van der Waals surface area contributed by atoms with Crippen molar-refractivity contribution in [1.29, 1.82) is 0 Å². The van der Waals surface area contributed by atoms with E-state index in [0.29, 0.717) is 5.92 Å². The molecule has 0 aromatic heterocycles. The van der Waals surface area contributed by atoms with Gasteiger partial charge in [-0.2, -0.15) is 0 Å². The van der Waals surface area contributed by atoms with Gasteiger partial charge in [0.2, 0.25) is 5.91 Å². The summed E-state index contributed by atoms with van der Waals surface area (Å²) in [7, 11) is 0. The van der Waals surface area contributed by atoms with E-state index in [-0.39, 0.29) is 5.91 Å². The topological polar surface area (TPSA) is 43.1 Å². The number of nitrogens with two attached hydrogens (primary N) is 1. The van der Waals surface area contributed by atoms with Crippen LogP contribution in [0.25, 0.3) is 0 Å². The van der Waals surface area contributed by atoms with Gasteiger partial charge in [0, 0.05) is 5.92 Å². The van der Waals surface area contributed by atoms with Gasteiger partial charge in [0.15, 0.2) is 0 Å². The van der Waals surface area contributed by atoms with E-state index in [9.17, 15) is 4.79 Å². The van der Waals surface area contributed by atoms with Crippen molar-refractivity contribution in [2.24, 2.45) is 47.2 Å². The molecule has 1 amide bonds. The second-order valence-electron chi connectivity index (χ2n) is 5.90. The highest BCUT2D eigenvalue weighted by Crippen LogP contribution is 2.75. The molecular formula is C12H17NO. The molecule has 2 nitrogen and oxygen atoms in total. The number of fused-ring (bicyclic) bond motifs is 8. The number of carbonyl (C=O) groups excluding carboxylic acids is 1. The first-order chi connectivity index (χ1) is 6.79. The molecule has 4 rings (SSSR count). The summed E-state index contributed by atoms with van der Waals surface area (Å²) in [6, 6.07) is 0. The monoisotopic (exact) mass is 191 g/mol. The summed E-state index contributed by atoms with van der Waals surface area (Å²) < 4.78 is 0. The number of hydrogen-bond acceptors (Lipinski definition) is 1. The average Bonchev–Trinajstić information content (AvgIpc) is 2.52. The fourth-order valence-electron chi connectivity index (χ4n) is 5.47. The lowest BCUT2D eigenvalue weighted by Crippen LogP contribution is -2.19. The highest BCUT2D eigenvalue weighted by atomic mass is 16.1. The fourth-order valence-corrected chi connectivity index (χ4v) is 5.47. The number of primary amides is 1. The van der Waals surface area contributed by atoms with Crippen molar-refractivity contribution < 1.29 is 4.79 Å². The second-order valence-corrected chi connectivity index (χ2v) is 5.90. The SMILES string of the molecule is NC(=O)C1[C@@H]2[C@@H]3C[C@@H]([C@@H]4CCC[C@@H]43)[C@H]12. The molecular weight excluding hydrogens is 174 g/mol. The van der Waals surface area contributed by atoms with Crippen LogP contribution in [-0.2, 0) is 4.79 Å². The minimum atomic E-state index is -0.00493. The third-order valence-electron chi connectivity index (χ3n) is 5.72. The molecule has 2 bridgehead atoms. The van der Waals surface area contributed by atoms with Crippen molar-refractivity contribution in [3.05, 3.63) is 0 Å². The molecule has 4 saturated carbocycles. The first kappa shape index (κ1) is 7.72. The van der Waals surface area contributed by atoms with Crippen LogP contribution in [0.5, 0.6) is 0 Å². The van der Waals surface area contributed by atoms with E-state index in [2.05, 4.69) is 0 Å². The molecule has 0 radical (unpaired) electrons. The lowest BCUT2D eigenvalue weighted by atomic mass is 9.82. The molecule has 14 heavy (non-hydrogen) atoms. The number of carbonyl (C=O) groups is 1. The summed E-state index contributed by atoms with van der Waals surface area (Å²) in [6.45, 7) is 0. The highest BCUT2D eigenvalue weighted by Gasteiger charge is 2.72. The van der Waals surface area contributed by atoms with Crippen LogP contribution in [0.15, 0.2) is 0 Å². The number of amides is 1. The molecule has 4 aliphatic carbocycles. The number of rotatable bonds is 1. The Balaban J connectivity index is 1.67. The van der Waals surface area contributed by atoms with E-state index >= 15 is 0 Å². The average molecular weight is 191 g/mol. The predicted octanol–water partition coefficient (Wildman–Crippen LogP) is 1.40. The fraction of sp³-hybridized carbons (Fsp3) is 0.917. The van der Waals surface area contributed by atoms with Gasteiger partial charge in [0.1, 0.15) is 0 Å². The summed E-state index contributed by atoms with van der Waals surface area (Å²) in [6.07, 6.45) is 5.78. The maximum Gasteiger partial charge on any atom is 0.221 e. The van der Waals surface area contributed by atoms with Crippen molar-refractivity contribution in [1.82, 2.24) is 0 Å². The molecule has 2 heteroatoms. The van der Waals surface area contributed by atoms with Gasteiger partial charge in [-0.3, -0.25) is 4.79 Å². The molecule has 4 fully saturated rings. The molecule has 0 spiro atoms. The second kappa shape index (κ2) is 2.17. The standard InChI is InChI=1S/C12H17NO/c13-12(14)11-9-7-4-8(10(9)11)6-3-1-2-5(6)7/h5-11H,1-4H2,(H2,13,14)/t5-,6+,7+,8-,9+,10-,11?. The van der Waals surface area contributed by atoms with Crippen molar-refractivity contribution in [2.75, 3.05) is 0 Å². The molecule has 7 atom stereocenters. The maximum absolute atomic E-state index is 11.2. The summed E-state index contributed by atoms with van der Waals surface area (Å²) in [5.74, 6) is 5.54. The van der Waals surface area contributed by atoms with E-state index in [4.69, 9.17) is 5.73 Å². The zero-order chi connectivity index (χ0) is 9.45. The zero-order valence-corrected chi connectivity index (χ0v) is 8.36. The van der Waals surface area contributed by atoms with E-state index in [0.717, 1.165) is 35.5 Å². The van der Waals surface area contributed by atoms with Gasteiger partial charge in [0.25, 0.3) is 0 Å². The lowest BCUT2D eigenvalue weighted by Gasteiger charge is -2.23. The summed E-state index contributed by atoms with van der Waals surface area (Å²) in [4.78, 5) is 11.2. The Labute approximate surface area is 84.2 Å². The van der Waals surface area contributed by atoms with Crippen LogP contribution in [-0.4, -0.2) is 5.91 Å². The Hall–Kier alpha value is -0.530. The maximum atomic E-state index is 11.2. The van der Waals surface area contributed by atoms with Gasteiger partial charge in [0.05, 0.1) is 0 Å². The summed E-state index contributed by atoms with van der Waals surface area (Å²) in [5, 5.41) is 0. The van der Waals surface area contributed by atoms with Gasteiger partial charge in [-0.25, -0.2) is 0 Å². The van der Waals surface area contributed by atoms with Crippen LogP contribution in [0.2, 0.25) is 0 Å². The largest absolute Gasteiger partial charge is 0.369 e. The van der Waals surface area contributed by atoms with Crippen LogP contribution >= 0.6 is 0 Å². The highest BCUT2D eigenvalue weighted by molar-refractivity contribution is 5.81. The molecule has 0 aromatic rings. The summed E-state index contributed by atoms with van der Waals surface area (Å²) >= 11 is 0. The van der Waals surface area contributed by atoms with Crippen LogP contribution in [0.3, 0.4) is 0 Å². The third kappa shape index (κ3) is 0.665. The lowest BCUT2D eigenvalue weighted by molar-refractivity contribution is -0.120. The van der Waals surface area contributed by atoms with Gasteiger partial charge in [-0.05, 0) is 54.8 Å². The minimum Gasteiger partial charge on any atom is -0.369 e. The Bertz CT molecular complexity index is 291. The first-order valence-electron chi connectivity index (χ1n) is 6.08. The molecule has 76 valence electrons. The van der Waals surface area contributed by atoms with Crippen molar-refractivity contribution in [2.45, 2.75) is 25.7 Å². The molecule has 2 N–H and O–H groups in total. The Morgan fingerprint density at radius 3 is 2.07 bits per heavy atom. The van der Waals surface area contributed by atoms with Crippen LogP contribution in [0.4, 0.5) is 0 Å². The first-order valence-corrected chi connectivity index (χ1v) is 6.08. The van der Waals surface area contributed by atoms with Crippen LogP contribution in [0, 0.1) is 41.4 Å². The van der Waals surface area contributed by atoms with Crippen molar-refractivity contribution in [3.8, 4) is 0 Å². The molecule has 0 saturated heterocycles. The van der Waals surface area contributed by atoms with Gasteiger partial charge >= 0.3 is 0 Å². The van der Waals surface area contributed by atoms with E-state index < -0.39 is 0 Å². The van der Waals surface area contributed by atoms with E-state index in [1.54, 1.807) is 0 Å². The third-order valence-corrected chi connectivity index (χ3v) is 5.72. The Morgan fingerprint density at radius 2 is 1.57 bits per heavy atom. The summed E-state index contributed by atoms with van der Waals surface area (Å²) in [5.41, 5.74) is 5.45. The van der Waals surface area contributed by atoms with Gasteiger partial charge in [-0.15, -0.1) is 0 Å². The quantitative estimate of drug-likeness (QED) is 0.669. The van der Waals surface area contributed by atoms with Crippen LogP contribution in [0.1, 0.15) is 25.7 Å². The Morgan fingerprint density at radius 1 is 1.00 bits per heavy atom. The minimum absolute atomic E-state index is 0.00493. The zero-order valence-electron chi connectivity index (χ0n) is 8.36. The predicted molar refractivity (Wildman–Crippen MR) is 52.1 cm³/mol. The molecule has 4 aliphatic rings. The Kier molecular flexibility index (Phi) is 1.20. The van der Waals surface area contributed by atoms with Gasteiger partial charge < -0.3 is 5.73 Å². The smallest absolute Gasteiger partial charge is 0.221 e. The van der Waals surface area contributed by atoms with E-state index in [1.165, 1.54) is 25.7 Å². The molecule has 0 aliphatic heterocycles. The van der Waals surface area contributed by atoms with Crippen molar-refractivity contribution >= 4 is 5.91 Å². The number of hydrogen-bond donors (Lipinski definition) is 1. The van der Waals surface area contributed by atoms with Gasteiger partial charge in [-0.1, -0.05) is 6.42 Å². The van der Waals surface area contributed by atoms with Crippen molar-refractivity contribution in [3.63, 3.8) is 0 Å². The molecule has 0 aromatic carbocycles. The van der Waals surface area contributed by atoms with E-state index in [1.807, 2.05) is 0 Å².